The van der Waals surface area contributed by atoms with Crippen molar-refractivity contribution in [2.45, 2.75) is 84.3 Å². The lowest BCUT2D eigenvalue weighted by atomic mass is 9.97. The molecule has 0 aliphatic rings. The molecule has 0 saturated carbocycles. The van der Waals surface area contributed by atoms with Gasteiger partial charge in [-0.25, -0.2) is 0 Å². The van der Waals surface area contributed by atoms with Gasteiger partial charge in [-0.2, -0.15) is 9.59 Å². The van der Waals surface area contributed by atoms with Crippen LogP contribution in [-0.4, -0.2) is 51.2 Å². The van der Waals surface area contributed by atoms with Crippen molar-refractivity contribution in [3.05, 3.63) is 0 Å². The zero-order chi connectivity index (χ0) is 21.6. The second kappa shape index (κ2) is 17.1. The summed E-state index contributed by atoms with van der Waals surface area (Å²) in [6.45, 7) is 9.24. The number of carboxylic acids is 1. The largest absolute Gasteiger partial charge is 0.481 e. The number of carboxylic acid groups (broad SMARTS) is 1. The molecule has 1 amide bonds. The van der Waals surface area contributed by atoms with Crippen molar-refractivity contribution >= 4 is 41.4 Å². The number of rotatable bonds is 12. The van der Waals surface area contributed by atoms with E-state index in [-0.39, 0.29) is 62.0 Å². The first-order valence-corrected chi connectivity index (χ1v) is 9.62. The molecule has 8 nitrogen and oxygen atoms in total. The van der Waals surface area contributed by atoms with E-state index in [2.05, 4.69) is 5.32 Å². The number of hydrogen-bond donors (Lipinski definition) is 2. The highest BCUT2D eigenvalue weighted by Gasteiger charge is 2.24. The molecule has 2 N–H and O–H groups in total. The quantitative estimate of drug-likeness (QED) is 0.492. The van der Waals surface area contributed by atoms with Crippen molar-refractivity contribution in [2.24, 2.45) is 5.92 Å². The molecule has 0 fully saturated rings. The van der Waals surface area contributed by atoms with Crippen LogP contribution in [-0.2, 0) is 28.8 Å². The average molecular weight is 420 g/mol. The predicted molar refractivity (Wildman–Crippen MR) is 107 cm³/mol. The molecule has 0 spiro atoms. The van der Waals surface area contributed by atoms with E-state index in [0.29, 0.717) is 5.25 Å². The van der Waals surface area contributed by atoms with E-state index in [4.69, 9.17) is 14.7 Å². The topological polar surface area (TPSA) is 135 Å². The zero-order valence-corrected chi connectivity index (χ0v) is 17.3. The second-order valence-electron chi connectivity index (χ2n) is 6.49. The van der Waals surface area contributed by atoms with E-state index in [0.717, 1.165) is 0 Å². The molecule has 0 saturated heterocycles. The number of carbonyl (C=O) groups is 4. The maximum atomic E-state index is 12.1. The number of ketones is 2. The second-order valence-corrected chi connectivity index (χ2v) is 8.41. The van der Waals surface area contributed by atoms with E-state index in [1.165, 1.54) is 0 Å². The van der Waals surface area contributed by atoms with Gasteiger partial charge in [0.2, 0.25) is 5.91 Å². The van der Waals surface area contributed by atoms with Crippen LogP contribution in [0.5, 0.6) is 0 Å². The zero-order valence-electron chi connectivity index (χ0n) is 16.4. The summed E-state index contributed by atoms with van der Waals surface area (Å²) in [6, 6.07) is -0.814. The van der Waals surface area contributed by atoms with E-state index in [9.17, 15) is 19.2 Å². The van der Waals surface area contributed by atoms with Crippen molar-refractivity contribution in [2.75, 3.05) is 0 Å². The van der Waals surface area contributed by atoms with Gasteiger partial charge >= 0.3 is 12.1 Å². The van der Waals surface area contributed by atoms with Crippen molar-refractivity contribution < 1.29 is 33.9 Å². The Labute approximate surface area is 171 Å². The molecule has 0 aromatic heterocycles. The number of thioether (sulfide) groups is 1. The maximum Gasteiger partial charge on any atom is 0.373 e. The van der Waals surface area contributed by atoms with Crippen LogP contribution in [0, 0.1) is 5.92 Å². The summed E-state index contributed by atoms with van der Waals surface area (Å²) in [7, 11) is 0. The fourth-order valence-electron chi connectivity index (χ4n) is 2.15. The van der Waals surface area contributed by atoms with E-state index in [1.54, 1.807) is 25.6 Å². The number of carbonyl (C=O) groups excluding carboxylic acids is 5. The average Bonchev–Trinajstić information content (AvgIpc) is 2.55. The third-order valence-corrected chi connectivity index (χ3v) is 4.64. The van der Waals surface area contributed by atoms with Gasteiger partial charge in [0, 0.05) is 25.2 Å². The molecule has 0 aliphatic heterocycles. The third-order valence-electron chi connectivity index (χ3n) is 3.42. The summed E-state index contributed by atoms with van der Waals surface area (Å²) in [4.78, 5) is 63.0. The smallest absolute Gasteiger partial charge is 0.373 e. The molecule has 0 aromatic rings. The Kier molecular flexibility index (Phi) is 18.8. The lowest BCUT2D eigenvalue weighted by Gasteiger charge is -2.19. The molecule has 2 atom stereocenters. The lowest BCUT2D eigenvalue weighted by Crippen LogP contribution is -2.43. The highest BCUT2D eigenvalue weighted by Crippen LogP contribution is 2.19. The number of amides is 1. The standard InChI is InChI=1S/C17H29NO5S.CO2.CH4/c1-10(2)17(23)13(6-9-16(21)22)18-15(20)8-7-14(19)12(5)24-11(3)4;2-1-3;/h10-13H,6-9H2,1-5H3,(H,18,20)(H,21,22);;1H4/t12?,13-;;/m0../s1. The van der Waals surface area contributed by atoms with Gasteiger partial charge in [0.15, 0.2) is 5.78 Å². The van der Waals surface area contributed by atoms with Gasteiger partial charge in [0.25, 0.3) is 0 Å². The molecule has 1 unspecified atom stereocenters. The summed E-state index contributed by atoms with van der Waals surface area (Å²) < 4.78 is 0. The monoisotopic (exact) mass is 419 g/mol. The maximum absolute atomic E-state index is 12.1. The Hall–Kier alpha value is -1.99. The first-order valence-electron chi connectivity index (χ1n) is 8.68. The minimum absolute atomic E-state index is 0. The summed E-state index contributed by atoms with van der Waals surface area (Å²) >= 11 is 1.55. The van der Waals surface area contributed by atoms with Crippen LogP contribution in [0.3, 0.4) is 0 Å². The van der Waals surface area contributed by atoms with Crippen LogP contribution < -0.4 is 5.32 Å². The predicted octanol–water partition coefficient (Wildman–Crippen LogP) is 2.49. The third kappa shape index (κ3) is 16.2. The fourth-order valence-corrected chi connectivity index (χ4v) is 3.23. The molecule has 0 rings (SSSR count). The van der Waals surface area contributed by atoms with Crippen LogP contribution in [0.2, 0.25) is 0 Å². The van der Waals surface area contributed by atoms with Crippen molar-refractivity contribution in [3.8, 4) is 0 Å². The van der Waals surface area contributed by atoms with Crippen LogP contribution in [0.4, 0.5) is 0 Å². The number of hydrogen-bond acceptors (Lipinski definition) is 7. The summed E-state index contributed by atoms with van der Waals surface area (Å²) in [5.74, 6) is -1.90. The van der Waals surface area contributed by atoms with Gasteiger partial charge in [-0.1, -0.05) is 35.1 Å². The minimum Gasteiger partial charge on any atom is -0.481 e. The van der Waals surface area contributed by atoms with Gasteiger partial charge in [-0.05, 0) is 18.6 Å². The van der Waals surface area contributed by atoms with Gasteiger partial charge < -0.3 is 10.4 Å². The Balaban J connectivity index is -0.00000146. The molecule has 0 aliphatic carbocycles. The normalized spacial score (nSPS) is 12.0. The van der Waals surface area contributed by atoms with Crippen LogP contribution in [0.25, 0.3) is 0 Å². The lowest BCUT2D eigenvalue weighted by molar-refractivity contribution is -0.191. The van der Waals surface area contributed by atoms with E-state index < -0.39 is 17.9 Å². The molecule has 0 radical (unpaired) electrons. The number of nitrogens with one attached hydrogen (secondary N) is 1. The summed E-state index contributed by atoms with van der Waals surface area (Å²) in [5.41, 5.74) is 0. The highest BCUT2D eigenvalue weighted by atomic mass is 32.2. The van der Waals surface area contributed by atoms with Crippen molar-refractivity contribution in [1.29, 1.82) is 0 Å². The Morgan fingerprint density at radius 2 is 1.46 bits per heavy atom. The van der Waals surface area contributed by atoms with Crippen LogP contribution >= 0.6 is 11.8 Å². The molecular weight excluding hydrogens is 386 g/mol. The molecule has 0 heterocycles. The summed E-state index contributed by atoms with van der Waals surface area (Å²) in [5, 5.41) is 11.5. The molecule has 0 bridgehead atoms. The molecular formula is C19H33NO7S. The molecule has 9 heteroatoms. The van der Waals surface area contributed by atoms with Crippen LogP contribution in [0.1, 0.15) is 67.7 Å². The van der Waals surface area contributed by atoms with Gasteiger partial charge in [-0.15, -0.1) is 11.8 Å². The van der Waals surface area contributed by atoms with Gasteiger partial charge in [0.05, 0.1) is 11.3 Å². The minimum atomic E-state index is -1.01. The molecule has 0 aromatic carbocycles. The molecule has 28 heavy (non-hydrogen) atoms. The number of aliphatic carboxylic acids is 1. The van der Waals surface area contributed by atoms with Crippen molar-refractivity contribution in [1.82, 2.24) is 5.32 Å². The Morgan fingerprint density at radius 1 is 0.964 bits per heavy atom. The van der Waals surface area contributed by atoms with E-state index >= 15 is 0 Å². The molecule has 162 valence electrons. The SMILES string of the molecule is C.CC(C)SC(C)C(=O)CCC(=O)N[C@@H](CCC(=O)O)C(=O)C(C)C.O=C=O. The summed E-state index contributed by atoms with van der Waals surface area (Å²) in [6.07, 6.45) is 0.251. The van der Waals surface area contributed by atoms with Gasteiger partial charge in [-0.3, -0.25) is 19.2 Å². The van der Waals surface area contributed by atoms with E-state index in [1.807, 2.05) is 20.8 Å². The fraction of sp³-hybridized carbons (Fsp3) is 0.737. The Morgan fingerprint density at radius 3 is 1.86 bits per heavy atom. The van der Waals surface area contributed by atoms with Crippen LogP contribution in [0.15, 0.2) is 0 Å². The highest BCUT2D eigenvalue weighted by molar-refractivity contribution is 8.01. The first kappa shape index (κ1) is 30.7. The van der Waals surface area contributed by atoms with Gasteiger partial charge in [0.1, 0.15) is 5.78 Å². The number of Topliss-reactive ketones (excluding diaryl/α,β-unsaturated/α-hetero) is 2. The first-order chi connectivity index (χ1) is 12.5. The van der Waals surface area contributed by atoms with Crippen molar-refractivity contribution in [3.63, 3.8) is 0 Å². The Bertz CT molecular complexity index is 540.